The first-order valence-corrected chi connectivity index (χ1v) is 7.48. The number of hydrogen-bond donors (Lipinski definition) is 1. The van der Waals surface area contributed by atoms with Crippen molar-refractivity contribution in [2.24, 2.45) is 0 Å². The first kappa shape index (κ1) is 15.8. The topological polar surface area (TPSA) is 53.0 Å². The molecular weight excluding hydrogens is 268 g/mol. The van der Waals surface area contributed by atoms with E-state index in [0.29, 0.717) is 13.0 Å². The molecule has 0 aliphatic carbocycles. The molecule has 0 bridgehead atoms. The minimum absolute atomic E-state index is 0.481. The van der Waals surface area contributed by atoms with Gasteiger partial charge in [0.1, 0.15) is 11.8 Å². The third-order valence-electron chi connectivity index (χ3n) is 3.95. The predicted octanol–water partition coefficient (Wildman–Crippen LogP) is 1.33. The van der Waals surface area contributed by atoms with Gasteiger partial charge in [0.15, 0.2) is 0 Å². The van der Waals surface area contributed by atoms with Gasteiger partial charge in [-0.25, -0.2) is 0 Å². The summed E-state index contributed by atoms with van der Waals surface area (Å²) in [4.78, 5) is 15.9. The summed E-state index contributed by atoms with van der Waals surface area (Å²) in [7, 11) is 2.07. The second kappa shape index (κ2) is 7.43. The maximum atomic E-state index is 11.7. The largest absolute Gasteiger partial charge is 0.494 e. The molecule has 116 valence electrons. The Morgan fingerprint density at radius 2 is 1.95 bits per heavy atom. The molecule has 0 amide bonds. The quantitative estimate of drug-likeness (QED) is 0.857. The summed E-state index contributed by atoms with van der Waals surface area (Å²) in [5.74, 6) is 0.0335. The lowest BCUT2D eigenvalue weighted by Gasteiger charge is -2.36. The fraction of sp³-hybridized carbons (Fsp3) is 0.562. The number of aliphatic carboxylic acids is 1. The van der Waals surface area contributed by atoms with Crippen molar-refractivity contribution in [1.29, 1.82) is 0 Å². The van der Waals surface area contributed by atoms with Gasteiger partial charge in [0.05, 0.1) is 6.61 Å². The van der Waals surface area contributed by atoms with Crippen LogP contribution in [0.3, 0.4) is 0 Å². The Balaban J connectivity index is 2.11. The zero-order valence-corrected chi connectivity index (χ0v) is 12.8. The van der Waals surface area contributed by atoms with Crippen LogP contribution in [0, 0.1) is 0 Å². The standard InChI is InChI=1S/C16H24N2O3/c1-3-21-15-7-5-4-6-13(15)12-14(16(19)20)18-10-8-17(2)9-11-18/h4-7,14H,3,8-12H2,1-2H3,(H,19,20). The molecule has 0 aromatic heterocycles. The van der Waals surface area contributed by atoms with Crippen LogP contribution >= 0.6 is 0 Å². The van der Waals surface area contributed by atoms with Gasteiger partial charge in [-0.1, -0.05) is 18.2 Å². The van der Waals surface area contributed by atoms with Crippen molar-refractivity contribution < 1.29 is 14.6 Å². The fourth-order valence-corrected chi connectivity index (χ4v) is 2.68. The van der Waals surface area contributed by atoms with E-state index in [1.54, 1.807) is 0 Å². The normalized spacial score (nSPS) is 18.4. The highest BCUT2D eigenvalue weighted by molar-refractivity contribution is 5.74. The molecule has 1 atom stereocenters. The van der Waals surface area contributed by atoms with E-state index in [4.69, 9.17) is 4.74 Å². The molecule has 2 rings (SSSR count). The second-order valence-electron chi connectivity index (χ2n) is 5.44. The molecule has 5 heteroatoms. The highest BCUT2D eigenvalue weighted by Crippen LogP contribution is 2.22. The Hall–Kier alpha value is -1.59. The van der Waals surface area contributed by atoms with E-state index in [-0.39, 0.29) is 0 Å². The van der Waals surface area contributed by atoms with Crippen molar-refractivity contribution >= 4 is 5.97 Å². The van der Waals surface area contributed by atoms with Crippen LogP contribution < -0.4 is 4.74 Å². The molecule has 0 radical (unpaired) electrons. The fourth-order valence-electron chi connectivity index (χ4n) is 2.68. The molecule has 1 aromatic rings. The summed E-state index contributed by atoms with van der Waals surface area (Å²) >= 11 is 0. The van der Waals surface area contributed by atoms with Crippen LogP contribution in [-0.2, 0) is 11.2 Å². The van der Waals surface area contributed by atoms with Crippen LogP contribution in [0.25, 0.3) is 0 Å². The smallest absolute Gasteiger partial charge is 0.321 e. The van der Waals surface area contributed by atoms with Gasteiger partial charge < -0.3 is 14.7 Å². The van der Waals surface area contributed by atoms with E-state index in [9.17, 15) is 9.90 Å². The summed E-state index contributed by atoms with van der Waals surface area (Å²) in [6.45, 7) is 5.94. The van der Waals surface area contributed by atoms with Crippen molar-refractivity contribution in [3.05, 3.63) is 29.8 Å². The number of rotatable bonds is 6. The summed E-state index contributed by atoms with van der Waals surface area (Å²) in [6.07, 6.45) is 0.481. The van der Waals surface area contributed by atoms with Crippen LogP contribution in [0.15, 0.2) is 24.3 Å². The van der Waals surface area contributed by atoms with E-state index in [0.717, 1.165) is 37.5 Å². The van der Waals surface area contributed by atoms with Gasteiger partial charge in [0, 0.05) is 32.6 Å². The maximum Gasteiger partial charge on any atom is 0.321 e. The molecule has 1 aliphatic rings. The molecule has 1 unspecified atom stereocenters. The van der Waals surface area contributed by atoms with Crippen molar-refractivity contribution in [2.45, 2.75) is 19.4 Å². The number of likely N-dealkylation sites (N-methyl/N-ethyl adjacent to an activating group) is 1. The molecule has 0 saturated carbocycles. The molecule has 5 nitrogen and oxygen atoms in total. The Labute approximate surface area is 126 Å². The lowest BCUT2D eigenvalue weighted by molar-refractivity contribution is -0.144. The SMILES string of the molecule is CCOc1ccccc1CC(C(=O)O)N1CCN(C)CC1. The third kappa shape index (κ3) is 4.19. The van der Waals surface area contributed by atoms with Gasteiger partial charge in [0.25, 0.3) is 0 Å². The number of carbonyl (C=O) groups is 1. The first-order valence-electron chi connectivity index (χ1n) is 7.48. The molecule has 1 saturated heterocycles. The van der Waals surface area contributed by atoms with Gasteiger partial charge >= 0.3 is 5.97 Å². The number of carboxylic acids is 1. The number of piperazine rings is 1. The minimum atomic E-state index is -0.758. The molecule has 21 heavy (non-hydrogen) atoms. The Bertz CT molecular complexity index is 470. The second-order valence-corrected chi connectivity index (χ2v) is 5.44. The summed E-state index contributed by atoms with van der Waals surface area (Å²) in [5.41, 5.74) is 0.964. The van der Waals surface area contributed by atoms with Crippen molar-refractivity contribution in [3.8, 4) is 5.75 Å². The molecule has 1 fully saturated rings. The third-order valence-corrected chi connectivity index (χ3v) is 3.95. The van der Waals surface area contributed by atoms with Gasteiger partial charge in [-0.2, -0.15) is 0 Å². The van der Waals surface area contributed by atoms with E-state index in [1.807, 2.05) is 31.2 Å². The highest BCUT2D eigenvalue weighted by atomic mass is 16.5. The van der Waals surface area contributed by atoms with Gasteiger partial charge in [0.2, 0.25) is 0 Å². The van der Waals surface area contributed by atoms with E-state index in [1.165, 1.54) is 0 Å². The predicted molar refractivity (Wildman–Crippen MR) is 81.8 cm³/mol. The van der Waals surface area contributed by atoms with Crippen LogP contribution in [0.1, 0.15) is 12.5 Å². The van der Waals surface area contributed by atoms with Crippen molar-refractivity contribution in [1.82, 2.24) is 9.80 Å². The highest BCUT2D eigenvalue weighted by Gasteiger charge is 2.28. The van der Waals surface area contributed by atoms with Crippen LogP contribution in [0.4, 0.5) is 0 Å². The molecule has 1 aromatic carbocycles. The monoisotopic (exact) mass is 292 g/mol. The summed E-state index contributed by atoms with van der Waals surface area (Å²) < 4.78 is 5.60. The number of hydrogen-bond acceptors (Lipinski definition) is 4. The lowest BCUT2D eigenvalue weighted by atomic mass is 10.0. The Morgan fingerprint density at radius 3 is 2.57 bits per heavy atom. The maximum absolute atomic E-state index is 11.7. The zero-order valence-electron chi connectivity index (χ0n) is 12.8. The van der Waals surface area contributed by atoms with Crippen molar-refractivity contribution in [2.75, 3.05) is 39.8 Å². The van der Waals surface area contributed by atoms with Gasteiger partial charge in [-0.3, -0.25) is 9.69 Å². The van der Waals surface area contributed by atoms with Crippen molar-refractivity contribution in [3.63, 3.8) is 0 Å². The van der Waals surface area contributed by atoms with E-state index in [2.05, 4.69) is 16.8 Å². The van der Waals surface area contributed by atoms with Crippen LogP contribution in [-0.4, -0.2) is 66.8 Å². The lowest BCUT2D eigenvalue weighted by Crippen LogP contribution is -2.52. The molecule has 0 spiro atoms. The first-order chi connectivity index (χ1) is 10.1. The molecule has 1 aliphatic heterocycles. The number of carboxylic acid groups (broad SMARTS) is 1. The van der Waals surface area contributed by atoms with Gasteiger partial charge in [-0.05, 0) is 25.6 Å². The number of nitrogens with zero attached hydrogens (tertiary/aromatic N) is 2. The van der Waals surface area contributed by atoms with Gasteiger partial charge in [-0.15, -0.1) is 0 Å². The minimum Gasteiger partial charge on any atom is -0.494 e. The summed E-state index contributed by atoms with van der Waals surface area (Å²) in [6, 6.07) is 7.22. The Kier molecular flexibility index (Phi) is 5.59. The summed E-state index contributed by atoms with van der Waals surface area (Å²) in [5, 5.41) is 9.58. The molecule has 1 N–H and O–H groups in total. The van der Waals surface area contributed by atoms with Crippen LogP contribution in [0.5, 0.6) is 5.75 Å². The number of ether oxygens (including phenoxy) is 1. The Morgan fingerprint density at radius 1 is 1.29 bits per heavy atom. The van der Waals surface area contributed by atoms with E-state index < -0.39 is 12.0 Å². The van der Waals surface area contributed by atoms with Crippen LogP contribution in [0.2, 0.25) is 0 Å². The number of para-hydroxylation sites is 1. The average Bonchev–Trinajstić information content (AvgIpc) is 2.47. The number of benzene rings is 1. The molecular formula is C16H24N2O3. The van der Waals surface area contributed by atoms with E-state index >= 15 is 0 Å². The molecule has 1 heterocycles. The average molecular weight is 292 g/mol. The zero-order chi connectivity index (χ0) is 15.2.